The lowest BCUT2D eigenvalue weighted by atomic mass is 10.0. The molecule has 5 nitrogen and oxygen atoms in total. The number of carbonyl (C=O) groups is 1. The third kappa shape index (κ3) is 3.65. The van der Waals surface area contributed by atoms with Gasteiger partial charge in [-0.15, -0.1) is 0 Å². The zero-order valence-corrected chi connectivity index (χ0v) is 12.5. The first kappa shape index (κ1) is 14.2. The van der Waals surface area contributed by atoms with E-state index in [1.807, 2.05) is 27.8 Å². The number of nitrogens with zero attached hydrogens (tertiary/aromatic N) is 3. The lowest BCUT2D eigenvalue weighted by Crippen LogP contribution is -2.36. The molecule has 1 atom stereocenters. The van der Waals surface area contributed by atoms with Crippen LogP contribution in [0, 0.1) is 5.92 Å². The molecule has 1 fully saturated rings. The second-order valence-electron chi connectivity index (χ2n) is 5.11. The maximum absolute atomic E-state index is 12.5. The molecule has 0 radical (unpaired) electrons. The van der Waals surface area contributed by atoms with Crippen LogP contribution < -0.4 is 0 Å². The fourth-order valence-corrected chi connectivity index (χ4v) is 3.12. The van der Waals surface area contributed by atoms with Gasteiger partial charge in [0.15, 0.2) is 0 Å². The van der Waals surface area contributed by atoms with Crippen LogP contribution in [0.15, 0.2) is 35.4 Å². The van der Waals surface area contributed by atoms with Gasteiger partial charge in [-0.3, -0.25) is 4.79 Å². The van der Waals surface area contributed by atoms with Crippen molar-refractivity contribution < 1.29 is 9.53 Å². The van der Waals surface area contributed by atoms with Crippen LogP contribution in [0.2, 0.25) is 0 Å². The normalized spacial score (nSPS) is 19.2. The summed E-state index contributed by atoms with van der Waals surface area (Å²) in [6.45, 7) is 2.61. The zero-order chi connectivity index (χ0) is 14.5. The maximum Gasteiger partial charge on any atom is 0.254 e. The van der Waals surface area contributed by atoms with Gasteiger partial charge in [0.25, 0.3) is 5.91 Å². The molecule has 21 heavy (non-hydrogen) atoms. The highest BCUT2D eigenvalue weighted by molar-refractivity contribution is 7.08. The Morgan fingerprint density at radius 1 is 1.48 bits per heavy atom. The minimum absolute atomic E-state index is 0.0921. The van der Waals surface area contributed by atoms with Crippen LogP contribution in [0.25, 0.3) is 0 Å². The SMILES string of the molecule is O=C(c1ccsc1)N1CCOCC(Cc2ccncn2)C1. The first-order valence-corrected chi connectivity index (χ1v) is 7.91. The number of ether oxygens (including phenoxy) is 1. The highest BCUT2D eigenvalue weighted by atomic mass is 32.1. The van der Waals surface area contributed by atoms with Crippen LogP contribution in [0.3, 0.4) is 0 Å². The number of hydrogen-bond acceptors (Lipinski definition) is 5. The van der Waals surface area contributed by atoms with Crippen LogP contribution in [-0.4, -0.2) is 47.1 Å². The average molecular weight is 303 g/mol. The molecule has 110 valence electrons. The first-order chi connectivity index (χ1) is 10.3. The molecule has 1 aliphatic heterocycles. The summed E-state index contributed by atoms with van der Waals surface area (Å²) >= 11 is 1.54. The summed E-state index contributed by atoms with van der Waals surface area (Å²) in [5.41, 5.74) is 1.76. The van der Waals surface area contributed by atoms with Gasteiger partial charge >= 0.3 is 0 Å². The Morgan fingerprint density at radius 3 is 3.19 bits per heavy atom. The summed E-state index contributed by atoms with van der Waals surface area (Å²) < 4.78 is 5.64. The number of thiophene rings is 1. The van der Waals surface area contributed by atoms with Gasteiger partial charge in [0.1, 0.15) is 6.33 Å². The molecule has 1 aliphatic rings. The van der Waals surface area contributed by atoms with E-state index < -0.39 is 0 Å². The molecular weight excluding hydrogens is 286 g/mol. The number of rotatable bonds is 3. The standard InChI is InChI=1S/C15H17N3O2S/c19-15(13-2-6-21-10-13)18-4-5-20-9-12(8-18)7-14-1-3-16-11-17-14/h1-3,6,10-12H,4-5,7-9H2. The van der Waals surface area contributed by atoms with E-state index in [2.05, 4.69) is 9.97 Å². The Hall–Kier alpha value is -1.79. The second-order valence-corrected chi connectivity index (χ2v) is 5.89. The van der Waals surface area contributed by atoms with E-state index >= 15 is 0 Å². The van der Waals surface area contributed by atoms with Gasteiger partial charge in [-0.2, -0.15) is 11.3 Å². The number of hydrogen-bond donors (Lipinski definition) is 0. The molecule has 2 aromatic rings. The zero-order valence-electron chi connectivity index (χ0n) is 11.6. The average Bonchev–Trinajstić information content (AvgIpc) is 2.95. The van der Waals surface area contributed by atoms with E-state index in [0.29, 0.717) is 26.3 Å². The topological polar surface area (TPSA) is 55.3 Å². The van der Waals surface area contributed by atoms with Crippen molar-refractivity contribution in [1.29, 1.82) is 0 Å². The Balaban J connectivity index is 1.67. The van der Waals surface area contributed by atoms with E-state index in [1.165, 1.54) is 0 Å². The highest BCUT2D eigenvalue weighted by Crippen LogP contribution is 2.16. The van der Waals surface area contributed by atoms with Gasteiger partial charge in [-0.1, -0.05) is 0 Å². The summed E-state index contributed by atoms with van der Waals surface area (Å²) in [6, 6.07) is 3.79. The molecule has 1 unspecified atom stereocenters. The van der Waals surface area contributed by atoms with Crippen LogP contribution in [-0.2, 0) is 11.2 Å². The monoisotopic (exact) mass is 303 g/mol. The quantitative estimate of drug-likeness (QED) is 0.868. The van der Waals surface area contributed by atoms with Crippen molar-refractivity contribution in [2.75, 3.05) is 26.3 Å². The van der Waals surface area contributed by atoms with Crippen LogP contribution >= 0.6 is 11.3 Å². The lowest BCUT2D eigenvalue weighted by Gasteiger charge is -2.23. The fraction of sp³-hybridized carbons (Fsp3) is 0.400. The summed E-state index contributed by atoms with van der Waals surface area (Å²) in [6.07, 6.45) is 4.10. The number of aromatic nitrogens is 2. The van der Waals surface area contributed by atoms with E-state index in [-0.39, 0.29) is 11.8 Å². The molecular formula is C15H17N3O2S. The van der Waals surface area contributed by atoms with Crippen molar-refractivity contribution in [3.63, 3.8) is 0 Å². The van der Waals surface area contributed by atoms with Crippen molar-refractivity contribution in [2.24, 2.45) is 5.92 Å². The molecule has 1 saturated heterocycles. The molecule has 0 N–H and O–H groups in total. The Morgan fingerprint density at radius 2 is 2.43 bits per heavy atom. The van der Waals surface area contributed by atoms with Crippen LogP contribution in [0.4, 0.5) is 0 Å². The summed E-state index contributed by atoms with van der Waals surface area (Å²) in [5, 5.41) is 3.83. The van der Waals surface area contributed by atoms with Crippen molar-refractivity contribution in [3.8, 4) is 0 Å². The Labute approximate surface area is 127 Å². The van der Waals surface area contributed by atoms with E-state index in [9.17, 15) is 4.79 Å². The smallest absolute Gasteiger partial charge is 0.254 e. The number of carbonyl (C=O) groups excluding carboxylic acids is 1. The maximum atomic E-state index is 12.5. The molecule has 0 aromatic carbocycles. The Bertz CT molecular complexity index is 574. The van der Waals surface area contributed by atoms with Gasteiger partial charge in [0, 0.05) is 36.3 Å². The van der Waals surface area contributed by atoms with Gasteiger partial charge in [-0.25, -0.2) is 9.97 Å². The molecule has 0 bridgehead atoms. The third-order valence-electron chi connectivity index (χ3n) is 3.53. The molecule has 2 aromatic heterocycles. The third-order valence-corrected chi connectivity index (χ3v) is 4.22. The molecule has 3 rings (SSSR count). The van der Waals surface area contributed by atoms with Gasteiger partial charge in [-0.05, 0) is 23.9 Å². The molecule has 0 aliphatic carbocycles. The van der Waals surface area contributed by atoms with Crippen LogP contribution in [0.1, 0.15) is 16.1 Å². The first-order valence-electron chi connectivity index (χ1n) is 6.97. The van der Waals surface area contributed by atoms with Gasteiger partial charge in [0.2, 0.25) is 0 Å². The van der Waals surface area contributed by atoms with Crippen LogP contribution in [0.5, 0.6) is 0 Å². The van der Waals surface area contributed by atoms with Gasteiger partial charge in [0.05, 0.1) is 18.8 Å². The van der Waals surface area contributed by atoms with Crippen molar-refractivity contribution in [1.82, 2.24) is 14.9 Å². The predicted molar refractivity (Wildman–Crippen MR) is 80.3 cm³/mol. The molecule has 3 heterocycles. The summed E-state index contributed by atoms with van der Waals surface area (Å²) in [5.74, 6) is 0.361. The molecule has 0 spiro atoms. The summed E-state index contributed by atoms with van der Waals surface area (Å²) in [4.78, 5) is 22.5. The number of amides is 1. The van der Waals surface area contributed by atoms with E-state index in [4.69, 9.17) is 4.74 Å². The van der Waals surface area contributed by atoms with Crippen molar-refractivity contribution in [3.05, 3.63) is 46.7 Å². The fourth-order valence-electron chi connectivity index (χ4n) is 2.49. The summed E-state index contributed by atoms with van der Waals surface area (Å²) in [7, 11) is 0. The highest BCUT2D eigenvalue weighted by Gasteiger charge is 2.24. The lowest BCUT2D eigenvalue weighted by molar-refractivity contribution is 0.0738. The molecule has 1 amide bonds. The molecule has 0 saturated carbocycles. The molecule has 6 heteroatoms. The second kappa shape index (κ2) is 6.78. The predicted octanol–water partition coefficient (Wildman–Crippen LogP) is 1.87. The minimum Gasteiger partial charge on any atom is -0.379 e. The Kier molecular flexibility index (Phi) is 4.57. The van der Waals surface area contributed by atoms with Gasteiger partial charge < -0.3 is 9.64 Å². The van der Waals surface area contributed by atoms with E-state index in [0.717, 1.165) is 17.7 Å². The van der Waals surface area contributed by atoms with Crippen molar-refractivity contribution in [2.45, 2.75) is 6.42 Å². The van der Waals surface area contributed by atoms with E-state index in [1.54, 1.807) is 23.9 Å². The van der Waals surface area contributed by atoms with Crippen molar-refractivity contribution >= 4 is 17.2 Å². The largest absolute Gasteiger partial charge is 0.379 e. The minimum atomic E-state index is 0.0921.